The lowest BCUT2D eigenvalue weighted by molar-refractivity contribution is 0.397. The van der Waals surface area contributed by atoms with Gasteiger partial charge in [0, 0.05) is 24.8 Å². The number of methoxy groups -OCH3 is 1. The molecular formula is C13H16N2OS. The molecule has 0 saturated carbocycles. The van der Waals surface area contributed by atoms with E-state index in [1.165, 1.54) is 11.1 Å². The number of thiophene rings is 1. The molecule has 0 amide bonds. The second-order valence-corrected chi connectivity index (χ2v) is 4.65. The van der Waals surface area contributed by atoms with Crippen LogP contribution in [-0.2, 0) is 6.54 Å². The molecule has 2 heterocycles. The molecule has 0 aliphatic heterocycles. The summed E-state index contributed by atoms with van der Waals surface area (Å²) in [7, 11) is 1.63. The number of nitrogens with zero attached hydrogens (tertiary/aromatic N) is 1. The average molecular weight is 248 g/mol. The van der Waals surface area contributed by atoms with E-state index in [4.69, 9.17) is 4.74 Å². The Balaban J connectivity index is 1.93. The summed E-state index contributed by atoms with van der Waals surface area (Å²) in [5, 5.41) is 7.75. The highest BCUT2D eigenvalue weighted by Crippen LogP contribution is 2.16. The van der Waals surface area contributed by atoms with Gasteiger partial charge in [0.2, 0.25) is 5.88 Å². The Morgan fingerprint density at radius 1 is 1.47 bits per heavy atom. The number of hydrogen-bond donors (Lipinski definition) is 1. The Kier molecular flexibility index (Phi) is 4.12. The van der Waals surface area contributed by atoms with Crippen molar-refractivity contribution in [3.63, 3.8) is 0 Å². The van der Waals surface area contributed by atoms with E-state index in [1.807, 2.05) is 12.1 Å². The summed E-state index contributed by atoms with van der Waals surface area (Å²) in [6.07, 6.45) is 1.77. The van der Waals surface area contributed by atoms with Crippen LogP contribution in [0.25, 0.3) is 0 Å². The molecule has 17 heavy (non-hydrogen) atoms. The molecular weight excluding hydrogens is 232 g/mol. The molecule has 0 saturated heterocycles. The van der Waals surface area contributed by atoms with Gasteiger partial charge in [0.15, 0.2) is 0 Å². The molecule has 1 unspecified atom stereocenters. The van der Waals surface area contributed by atoms with Crippen LogP contribution in [0.2, 0.25) is 0 Å². The molecule has 2 rings (SSSR count). The minimum atomic E-state index is 0.361. The molecule has 0 radical (unpaired) electrons. The van der Waals surface area contributed by atoms with Crippen molar-refractivity contribution in [2.24, 2.45) is 0 Å². The highest BCUT2D eigenvalue weighted by Gasteiger charge is 2.05. The van der Waals surface area contributed by atoms with Gasteiger partial charge in [0.1, 0.15) is 0 Å². The lowest BCUT2D eigenvalue weighted by atomic mass is 10.1. The molecule has 3 nitrogen and oxygen atoms in total. The zero-order valence-electron chi connectivity index (χ0n) is 10.0. The molecule has 0 bridgehead atoms. The lowest BCUT2D eigenvalue weighted by Crippen LogP contribution is -2.17. The van der Waals surface area contributed by atoms with Crippen molar-refractivity contribution < 1.29 is 4.74 Å². The minimum Gasteiger partial charge on any atom is -0.481 e. The Hall–Kier alpha value is -1.39. The predicted octanol–water partition coefficient (Wildman–Crippen LogP) is 3.00. The molecule has 0 aliphatic carbocycles. The van der Waals surface area contributed by atoms with Crippen LogP contribution < -0.4 is 10.1 Å². The number of hydrogen-bond acceptors (Lipinski definition) is 4. The summed E-state index contributed by atoms with van der Waals surface area (Å²) in [5.41, 5.74) is 2.51. The van der Waals surface area contributed by atoms with Gasteiger partial charge >= 0.3 is 0 Å². The van der Waals surface area contributed by atoms with E-state index in [0.717, 1.165) is 6.54 Å². The van der Waals surface area contributed by atoms with E-state index in [1.54, 1.807) is 24.6 Å². The fourth-order valence-electron chi connectivity index (χ4n) is 1.58. The van der Waals surface area contributed by atoms with Crippen molar-refractivity contribution >= 4 is 11.3 Å². The number of nitrogens with one attached hydrogen (secondary N) is 1. The molecule has 0 fully saturated rings. The lowest BCUT2D eigenvalue weighted by Gasteiger charge is -2.12. The van der Waals surface area contributed by atoms with Gasteiger partial charge in [-0.25, -0.2) is 4.98 Å². The van der Waals surface area contributed by atoms with E-state index >= 15 is 0 Å². The summed E-state index contributed by atoms with van der Waals surface area (Å²) >= 11 is 1.73. The first-order valence-corrected chi connectivity index (χ1v) is 6.48. The maximum absolute atomic E-state index is 5.10. The van der Waals surface area contributed by atoms with Gasteiger partial charge < -0.3 is 10.1 Å². The van der Waals surface area contributed by atoms with Crippen LogP contribution in [0, 0.1) is 0 Å². The largest absolute Gasteiger partial charge is 0.481 e. The average Bonchev–Trinajstić information content (AvgIpc) is 2.90. The highest BCUT2D eigenvalue weighted by molar-refractivity contribution is 7.07. The third kappa shape index (κ3) is 3.28. The quantitative estimate of drug-likeness (QED) is 0.883. The first kappa shape index (κ1) is 12.1. The van der Waals surface area contributed by atoms with Gasteiger partial charge in [-0.1, -0.05) is 0 Å². The van der Waals surface area contributed by atoms with Crippen LogP contribution >= 0.6 is 11.3 Å². The molecule has 0 aromatic carbocycles. The van der Waals surface area contributed by atoms with Crippen molar-refractivity contribution in [2.75, 3.05) is 7.11 Å². The van der Waals surface area contributed by atoms with Gasteiger partial charge in [-0.2, -0.15) is 11.3 Å². The number of ether oxygens (including phenoxy) is 1. The van der Waals surface area contributed by atoms with Crippen LogP contribution in [0.5, 0.6) is 5.88 Å². The van der Waals surface area contributed by atoms with Crippen LogP contribution in [0.15, 0.2) is 35.2 Å². The monoisotopic (exact) mass is 248 g/mol. The number of rotatable bonds is 5. The van der Waals surface area contributed by atoms with Gasteiger partial charge in [0.25, 0.3) is 0 Å². The van der Waals surface area contributed by atoms with Gasteiger partial charge in [-0.05, 0) is 40.9 Å². The molecule has 4 heteroatoms. The molecule has 1 N–H and O–H groups in total. The summed E-state index contributed by atoms with van der Waals surface area (Å²) in [4.78, 5) is 4.09. The van der Waals surface area contributed by atoms with Gasteiger partial charge in [-0.3, -0.25) is 0 Å². The first-order valence-electron chi connectivity index (χ1n) is 5.54. The van der Waals surface area contributed by atoms with E-state index in [-0.39, 0.29) is 0 Å². The molecule has 2 aromatic rings. The molecule has 0 aliphatic rings. The fraction of sp³-hybridized carbons (Fsp3) is 0.308. The summed E-state index contributed by atoms with van der Waals surface area (Å²) in [6.45, 7) is 2.98. The molecule has 90 valence electrons. The normalized spacial score (nSPS) is 12.4. The van der Waals surface area contributed by atoms with Gasteiger partial charge in [0.05, 0.1) is 7.11 Å². The zero-order chi connectivity index (χ0) is 12.1. The minimum absolute atomic E-state index is 0.361. The maximum Gasteiger partial charge on any atom is 0.213 e. The van der Waals surface area contributed by atoms with E-state index < -0.39 is 0 Å². The van der Waals surface area contributed by atoms with Crippen LogP contribution in [0.4, 0.5) is 0 Å². The Morgan fingerprint density at radius 2 is 2.35 bits per heavy atom. The predicted molar refractivity (Wildman–Crippen MR) is 70.4 cm³/mol. The Labute approximate surface area is 105 Å². The van der Waals surface area contributed by atoms with Crippen molar-refractivity contribution in [1.29, 1.82) is 0 Å². The van der Waals surface area contributed by atoms with Crippen LogP contribution in [0.3, 0.4) is 0 Å². The van der Waals surface area contributed by atoms with E-state index in [9.17, 15) is 0 Å². The highest BCUT2D eigenvalue weighted by atomic mass is 32.1. The summed E-state index contributed by atoms with van der Waals surface area (Å²) < 4.78 is 5.10. The second kappa shape index (κ2) is 5.80. The van der Waals surface area contributed by atoms with Crippen molar-refractivity contribution in [3.05, 3.63) is 46.3 Å². The number of aromatic nitrogens is 1. The van der Waals surface area contributed by atoms with Crippen molar-refractivity contribution in [2.45, 2.75) is 19.5 Å². The first-order chi connectivity index (χ1) is 8.29. The Bertz CT molecular complexity index is 456. The summed E-state index contributed by atoms with van der Waals surface area (Å²) in [5.74, 6) is 0.660. The molecule has 0 spiro atoms. The number of pyridine rings is 1. The van der Waals surface area contributed by atoms with Crippen molar-refractivity contribution in [3.8, 4) is 5.88 Å². The van der Waals surface area contributed by atoms with Crippen LogP contribution in [-0.4, -0.2) is 12.1 Å². The third-order valence-electron chi connectivity index (χ3n) is 2.66. The van der Waals surface area contributed by atoms with Crippen LogP contribution in [0.1, 0.15) is 24.1 Å². The zero-order valence-corrected chi connectivity index (χ0v) is 10.8. The summed E-state index contributed by atoms with van der Waals surface area (Å²) in [6, 6.07) is 6.46. The maximum atomic E-state index is 5.10. The van der Waals surface area contributed by atoms with E-state index in [2.05, 4.69) is 34.1 Å². The smallest absolute Gasteiger partial charge is 0.213 e. The second-order valence-electron chi connectivity index (χ2n) is 3.87. The standard InChI is InChI=1S/C13H16N2OS/c1-10(12-4-6-17-9-12)15-8-11-3-5-14-13(7-11)16-2/h3-7,9-10,15H,8H2,1-2H3. The molecule has 1 atom stereocenters. The van der Waals surface area contributed by atoms with Gasteiger partial charge in [-0.15, -0.1) is 0 Å². The SMILES string of the molecule is COc1cc(CNC(C)c2ccsc2)ccn1. The van der Waals surface area contributed by atoms with E-state index in [0.29, 0.717) is 11.9 Å². The fourth-order valence-corrected chi connectivity index (χ4v) is 2.34. The molecule has 2 aromatic heterocycles. The van der Waals surface area contributed by atoms with Crippen molar-refractivity contribution in [1.82, 2.24) is 10.3 Å². The third-order valence-corrected chi connectivity index (χ3v) is 3.37. The topological polar surface area (TPSA) is 34.1 Å². The Morgan fingerprint density at radius 3 is 3.06 bits per heavy atom.